The van der Waals surface area contributed by atoms with Crippen LogP contribution in [-0.4, -0.2) is 0 Å². The SMILES string of the molecule is CC1CC[C@H](c2ccc(C(F)(F)F)cc2)C1. The number of alkyl halides is 3. The fourth-order valence-electron chi connectivity index (χ4n) is 2.45. The van der Waals surface area contributed by atoms with Crippen molar-refractivity contribution >= 4 is 0 Å². The molecular formula is C13H15F3. The van der Waals surface area contributed by atoms with E-state index >= 15 is 0 Å². The van der Waals surface area contributed by atoms with E-state index in [0.717, 1.165) is 18.4 Å². The molecule has 0 heterocycles. The lowest BCUT2D eigenvalue weighted by atomic mass is 9.96. The molecule has 0 amide bonds. The molecular weight excluding hydrogens is 213 g/mol. The molecule has 2 atom stereocenters. The Morgan fingerprint density at radius 3 is 2.12 bits per heavy atom. The van der Waals surface area contributed by atoms with Gasteiger partial charge in [0.15, 0.2) is 0 Å². The van der Waals surface area contributed by atoms with E-state index in [0.29, 0.717) is 11.8 Å². The monoisotopic (exact) mass is 228 g/mol. The van der Waals surface area contributed by atoms with E-state index < -0.39 is 11.7 Å². The van der Waals surface area contributed by atoms with Crippen molar-refractivity contribution in [3.63, 3.8) is 0 Å². The molecule has 1 aliphatic rings. The first-order chi connectivity index (χ1) is 7.47. The summed E-state index contributed by atoms with van der Waals surface area (Å²) in [6.45, 7) is 2.20. The van der Waals surface area contributed by atoms with Crippen molar-refractivity contribution in [2.75, 3.05) is 0 Å². The van der Waals surface area contributed by atoms with E-state index in [-0.39, 0.29) is 0 Å². The first-order valence-electron chi connectivity index (χ1n) is 5.64. The summed E-state index contributed by atoms with van der Waals surface area (Å²) in [6, 6.07) is 5.65. The normalized spacial score (nSPS) is 26.0. The number of halogens is 3. The van der Waals surface area contributed by atoms with Crippen LogP contribution in [0.3, 0.4) is 0 Å². The van der Waals surface area contributed by atoms with Gasteiger partial charge in [-0.15, -0.1) is 0 Å². The van der Waals surface area contributed by atoms with Crippen LogP contribution in [0.25, 0.3) is 0 Å². The van der Waals surface area contributed by atoms with Crippen LogP contribution in [0.15, 0.2) is 24.3 Å². The van der Waals surface area contributed by atoms with Crippen LogP contribution in [0, 0.1) is 5.92 Å². The lowest BCUT2D eigenvalue weighted by molar-refractivity contribution is -0.137. The Morgan fingerprint density at radius 2 is 1.69 bits per heavy atom. The van der Waals surface area contributed by atoms with Crippen LogP contribution < -0.4 is 0 Å². The van der Waals surface area contributed by atoms with Crippen LogP contribution >= 0.6 is 0 Å². The van der Waals surface area contributed by atoms with Crippen molar-refractivity contribution in [1.82, 2.24) is 0 Å². The maximum atomic E-state index is 12.4. The standard InChI is InChI=1S/C13H15F3/c1-9-2-3-11(8-9)10-4-6-12(7-5-10)13(14,15)16/h4-7,9,11H,2-3,8H2,1H3/t9?,11-/m0/s1. The van der Waals surface area contributed by atoms with E-state index in [2.05, 4.69) is 6.92 Å². The van der Waals surface area contributed by atoms with Gasteiger partial charge in [-0.1, -0.05) is 25.5 Å². The van der Waals surface area contributed by atoms with E-state index in [1.54, 1.807) is 12.1 Å². The van der Waals surface area contributed by atoms with Gasteiger partial charge < -0.3 is 0 Å². The fourth-order valence-corrected chi connectivity index (χ4v) is 2.45. The summed E-state index contributed by atoms with van der Waals surface area (Å²) in [5.41, 5.74) is 0.500. The van der Waals surface area contributed by atoms with Crippen molar-refractivity contribution in [3.05, 3.63) is 35.4 Å². The molecule has 0 bridgehead atoms. The average Bonchev–Trinajstić information content (AvgIpc) is 2.64. The van der Waals surface area contributed by atoms with Crippen LogP contribution in [0.1, 0.15) is 43.2 Å². The molecule has 0 aromatic heterocycles. The molecule has 1 aromatic rings. The van der Waals surface area contributed by atoms with Gasteiger partial charge in [0.1, 0.15) is 0 Å². The predicted molar refractivity (Wildman–Crippen MR) is 57.2 cm³/mol. The zero-order valence-corrected chi connectivity index (χ0v) is 9.22. The van der Waals surface area contributed by atoms with Gasteiger partial charge in [0.2, 0.25) is 0 Å². The lowest BCUT2D eigenvalue weighted by Gasteiger charge is -2.12. The molecule has 2 rings (SSSR count). The van der Waals surface area contributed by atoms with Gasteiger partial charge in [0.25, 0.3) is 0 Å². The van der Waals surface area contributed by atoms with Crippen molar-refractivity contribution in [2.45, 2.75) is 38.3 Å². The predicted octanol–water partition coefficient (Wildman–Crippen LogP) is 4.61. The largest absolute Gasteiger partial charge is 0.416 e. The Hall–Kier alpha value is -0.990. The molecule has 3 heteroatoms. The van der Waals surface area contributed by atoms with Crippen LogP contribution in [0.2, 0.25) is 0 Å². The van der Waals surface area contributed by atoms with Gasteiger partial charge in [-0.3, -0.25) is 0 Å². The van der Waals surface area contributed by atoms with Gasteiger partial charge in [0.05, 0.1) is 5.56 Å². The second kappa shape index (κ2) is 4.11. The maximum Gasteiger partial charge on any atom is 0.416 e. The van der Waals surface area contributed by atoms with Crippen molar-refractivity contribution < 1.29 is 13.2 Å². The maximum absolute atomic E-state index is 12.4. The molecule has 0 radical (unpaired) electrons. The third-order valence-electron chi connectivity index (χ3n) is 3.40. The van der Waals surface area contributed by atoms with Crippen molar-refractivity contribution in [3.8, 4) is 0 Å². The minimum Gasteiger partial charge on any atom is -0.166 e. The zero-order chi connectivity index (χ0) is 11.8. The molecule has 16 heavy (non-hydrogen) atoms. The summed E-state index contributed by atoms with van der Waals surface area (Å²) in [4.78, 5) is 0. The number of hydrogen-bond acceptors (Lipinski definition) is 0. The quantitative estimate of drug-likeness (QED) is 0.658. The average molecular weight is 228 g/mol. The molecule has 88 valence electrons. The van der Waals surface area contributed by atoms with E-state index in [4.69, 9.17) is 0 Å². The Labute approximate surface area is 93.5 Å². The minimum absolute atomic E-state index is 0.456. The van der Waals surface area contributed by atoms with Crippen LogP contribution in [0.4, 0.5) is 13.2 Å². The first-order valence-corrected chi connectivity index (χ1v) is 5.64. The van der Waals surface area contributed by atoms with E-state index in [9.17, 15) is 13.2 Å². The van der Waals surface area contributed by atoms with Crippen LogP contribution in [0.5, 0.6) is 0 Å². The fraction of sp³-hybridized carbons (Fsp3) is 0.538. The summed E-state index contributed by atoms with van der Waals surface area (Å²) in [5.74, 6) is 1.16. The second-order valence-electron chi connectivity index (χ2n) is 4.73. The van der Waals surface area contributed by atoms with Crippen LogP contribution in [-0.2, 0) is 6.18 Å². The Balaban J connectivity index is 2.14. The van der Waals surface area contributed by atoms with Gasteiger partial charge in [0, 0.05) is 0 Å². The molecule has 1 unspecified atom stereocenters. The van der Waals surface area contributed by atoms with Gasteiger partial charge >= 0.3 is 6.18 Å². The molecule has 0 aliphatic heterocycles. The third-order valence-corrected chi connectivity index (χ3v) is 3.40. The number of rotatable bonds is 1. The molecule has 0 N–H and O–H groups in total. The molecule has 1 aromatic carbocycles. The first kappa shape index (κ1) is 11.5. The molecule has 1 saturated carbocycles. The zero-order valence-electron chi connectivity index (χ0n) is 9.22. The highest BCUT2D eigenvalue weighted by atomic mass is 19.4. The summed E-state index contributed by atoms with van der Waals surface area (Å²) in [7, 11) is 0. The Morgan fingerprint density at radius 1 is 1.06 bits per heavy atom. The summed E-state index contributed by atoms with van der Waals surface area (Å²) < 4.78 is 37.1. The topological polar surface area (TPSA) is 0 Å². The summed E-state index contributed by atoms with van der Waals surface area (Å²) >= 11 is 0. The molecule has 0 nitrogen and oxygen atoms in total. The van der Waals surface area contributed by atoms with Gasteiger partial charge in [-0.25, -0.2) is 0 Å². The number of hydrogen-bond donors (Lipinski definition) is 0. The molecule has 0 saturated heterocycles. The van der Waals surface area contributed by atoms with Crippen molar-refractivity contribution in [1.29, 1.82) is 0 Å². The van der Waals surface area contributed by atoms with Gasteiger partial charge in [-0.2, -0.15) is 13.2 Å². The Kier molecular flexibility index (Phi) is 2.96. The highest BCUT2D eigenvalue weighted by Gasteiger charge is 2.30. The highest BCUT2D eigenvalue weighted by molar-refractivity contribution is 5.27. The van der Waals surface area contributed by atoms with E-state index in [1.165, 1.54) is 18.6 Å². The molecule has 1 fully saturated rings. The van der Waals surface area contributed by atoms with E-state index in [1.807, 2.05) is 0 Å². The van der Waals surface area contributed by atoms with Crippen molar-refractivity contribution in [2.24, 2.45) is 5.92 Å². The highest BCUT2D eigenvalue weighted by Crippen LogP contribution is 2.38. The lowest BCUT2D eigenvalue weighted by Crippen LogP contribution is -2.05. The third kappa shape index (κ3) is 2.39. The number of benzene rings is 1. The second-order valence-corrected chi connectivity index (χ2v) is 4.73. The molecule has 0 spiro atoms. The van der Waals surface area contributed by atoms with Gasteiger partial charge in [-0.05, 0) is 42.4 Å². The summed E-state index contributed by atoms with van der Waals surface area (Å²) in [5, 5.41) is 0. The Bertz CT molecular complexity index is 350. The molecule has 1 aliphatic carbocycles. The minimum atomic E-state index is -4.22. The smallest absolute Gasteiger partial charge is 0.166 e. The summed E-state index contributed by atoms with van der Waals surface area (Å²) in [6.07, 6.45) is -0.828.